The van der Waals surface area contributed by atoms with Gasteiger partial charge in [-0.1, -0.05) is 34.1 Å². The molecule has 6 nitrogen and oxygen atoms in total. The molecule has 100 valence electrons. The van der Waals surface area contributed by atoms with Gasteiger partial charge in [-0.05, 0) is 11.6 Å². The van der Waals surface area contributed by atoms with E-state index in [4.69, 9.17) is 19.8 Å². The van der Waals surface area contributed by atoms with Gasteiger partial charge in [0.25, 0.3) is 0 Å². The first-order valence-electron chi connectivity index (χ1n) is 5.16. The van der Waals surface area contributed by atoms with Crippen LogP contribution in [0.2, 0.25) is 0 Å². The molecule has 1 aromatic carbocycles. The molecule has 0 bridgehead atoms. The van der Waals surface area contributed by atoms with Gasteiger partial charge in [0.2, 0.25) is 0 Å². The lowest BCUT2D eigenvalue weighted by molar-refractivity contribution is -0.159. The number of carbonyl (C=O) groups is 2. The summed E-state index contributed by atoms with van der Waals surface area (Å²) in [6.07, 6.45) is 5.57. The van der Waals surface area contributed by atoms with Crippen LogP contribution in [0, 0.1) is 0 Å². The Labute approximate surface area is 117 Å². The summed E-state index contributed by atoms with van der Waals surface area (Å²) in [6.45, 7) is 0.863. The topological polar surface area (TPSA) is 92.4 Å². The first kappa shape index (κ1) is 14.9. The van der Waals surface area contributed by atoms with Crippen molar-refractivity contribution in [3.8, 4) is 0 Å². The Bertz CT molecular complexity index is 543. The minimum atomic E-state index is -1.82. The molecule has 7 heteroatoms. The molecule has 19 heavy (non-hydrogen) atoms. The van der Waals surface area contributed by atoms with E-state index in [-0.39, 0.29) is 0 Å². The zero-order valence-corrected chi connectivity index (χ0v) is 11.3. The van der Waals surface area contributed by atoms with Gasteiger partial charge in [-0.25, -0.2) is 14.6 Å². The fourth-order valence-electron chi connectivity index (χ4n) is 1.20. The highest BCUT2D eigenvalue weighted by Gasteiger charge is 2.04. The number of aliphatic carboxylic acids is 2. The molecule has 0 aliphatic carbocycles. The van der Waals surface area contributed by atoms with E-state index in [2.05, 4.69) is 27.0 Å². The number of nitrogens with zero attached hydrogens (tertiary/aromatic N) is 2. The summed E-state index contributed by atoms with van der Waals surface area (Å²) in [4.78, 5) is 22.2. The maximum atomic E-state index is 9.10. The van der Waals surface area contributed by atoms with Gasteiger partial charge in [0.05, 0.1) is 6.33 Å². The molecule has 0 amide bonds. The quantitative estimate of drug-likeness (QED) is 0.821. The molecular formula is C12H11BrN2O4. The highest BCUT2D eigenvalue weighted by Crippen LogP contribution is 2.16. The lowest BCUT2D eigenvalue weighted by Gasteiger charge is -2.04. The predicted molar refractivity (Wildman–Crippen MR) is 70.7 cm³/mol. The van der Waals surface area contributed by atoms with Gasteiger partial charge >= 0.3 is 11.9 Å². The van der Waals surface area contributed by atoms with Crippen molar-refractivity contribution in [1.82, 2.24) is 9.55 Å². The van der Waals surface area contributed by atoms with E-state index in [1.165, 1.54) is 5.56 Å². The molecule has 0 unspecified atom stereocenters. The van der Waals surface area contributed by atoms with Crippen LogP contribution in [0.25, 0.3) is 0 Å². The van der Waals surface area contributed by atoms with Crippen molar-refractivity contribution >= 4 is 27.9 Å². The second-order valence-corrected chi connectivity index (χ2v) is 4.29. The van der Waals surface area contributed by atoms with Gasteiger partial charge in [-0.3, -0.25) is 0 Å². The molecule has 0 atom stereocenters. The van der Waals surface area contributed by atoms with E-state index in [1.54, 1.807) is 6.20 Å². The molecule has 0 spiro atoms. The molecule has 0 fully saturated rings. The minimum Gasteiger partial charge on any atom is -0.473 e. The van der Waals surface area contributed by atoms with Gasteiger partial charge in [-0.15, -0.1) is 0 Å². The van der Waals surface area contributed by atoms with Gasteiger partial charge in [0.15, 0.2) is 0 Å². The Morgan fingerprint density at radius 2 is 1.84 bits per heavy atom. The Morgan fingerprint density at radius 1 is 1.21 bits per heavy atom. The van der Waals surface area contributed by atoms with E-state index in [9.17, 15) is 0 Å². The summed E-state index contributed by atoms with van der Waals surface area (Å²) in [5.74, 6) is -3.65. The number of hydrogen-bond acceptors (Lipinski definition) is 3. The third-order valence-corrected chi connectivity index (χ3v) is 2.83. The van der Waals surface area contributed by atoms with E-state index in [0.29, 0.717) is 0 Å². The van der Waals surface area contributed by atoms with E-state index < -0.39 is 11.9 Å². The van der Waals surface area contributed by atoms with Crippen molar-refractivity contribution < 1.29 is 19.8 Å². The second-order valence-electron chi connectivity index (χ2n) is 3.44. The van der Waals surface area contributed by atoms with Crippen molar-refractivity contribution in [2.45, 2.75) is 6.54 Å². The van der Waals surface area contributed by atoms with Crippen LogP contribution < -0.4 is 0 Å². The lowest BCUT2D eigenvalue weighted by Crippen LogP contribution is -2.09. The number of halogens is 1. The smallest absolute Gasteiger partial charge is 0.414 e. The van der Waals surface area contributed by atoms with Crippen LogP contribution in [0.5, 0.6) is 0 Å². The molecule has 2 aromatic rings. The normalized spacial score (nSPS) is 9.32. The van der Waals surface area contributed by atoms with Gasteiger partial charge in [0, 0.05) is 23.4 Å². The average Bonchev–Trinajstić information content (AvgIpc) is 2.86. The number of carboxylic acids is 2. The van der Waals surface area contributed by atoms with Crippen LogP contribution in [0.4, 0.5) is 0 Å². The summed E-state index contributed by atoms with van der Waals surface area (Å²) in [5.41, 5.74) is 1.26. The number of benzene rings is 1. The minimum absolute atomic E-state index is 0.863. The number of rotatable bonds is 2. The predicted octanol–water partition coefficient (Wildman–Crippen LogP) is 1.85. The second kappa shape index (κ2) is 7.32. The molecule has 0 saturated heterocycles. The number of hydrogen-bond donors (Lipinski definition) is 2. The molecule has 2 N–H and O–H groups in total. The first-order valence-corrected chi connectivity index (χ1v) is 5.95. The third kappa shape index (κ3) is 5.35. The molecule has 1 heterocycles. The Balaban J connectivity index is 0.000000258. The molecule has 0 saturated carbocycles. The summed E-state index contributed by atoms with van der Waals surface area (Å²) < 4.78 is 3.18. The van der Waals surface area contributed by atoms with Crippen molar-refractivity contribution in [3.63, 3.8) is 0 Å². The van der Waals surface area contributed by atoms with E-state index in [0.717, 1.165) is 11.0 Å². The largest absolute Gasteiger partial charge is 0.473 e. The van der Waals surface area contributed by atoms with Crippen LogP contribution in [0.15, 0.2) is 47.5 Å². The lowest BCUT2D eigenvalue weighted by atomic mass is 10.2. The van der Waals surface area contributed by atoms with Crippen LogP contribution in [0.3, 0.4) is 0 Å². The van der Waals surface area contributed by atoms with Gasteiger partial charge in [0.1, 0.15) is 0 Å². The standard InChI is InChI=1S/C10H9BrN2.C2H2O4/c11-10-4-2-1-3-9(10)7-13-6-5-12-8-13;3-1(4)2(5)6/h1-6,8H,7H2;(H,3,4)(H,5,6). The number of carboxylic acid groups (broad SMARTS) is 2. The Kier molecular flexibility index (Phi) is 5.74. The van der Waals surface area contributed by atoms with Crippen molar-refractivity contribution in [1.29, 1.82) is 0 Å². The summed E-state index contributed by atoms with van der Waals surface area (Å²) >= 11 is 3.51. The zero-order chi connectivity index (χ0) is 14.3. The molecule has 0 aliphatic rings. The van der Waals surface area contributed by atoms with Crippen LogP contribution in [-0.2, 0) is 16.1 Å². The number of imidazole rings is 1. The van der Waals surface area contributed by atoms with Gasteiger partial charge < -0.3 is 14.8 Å². The third-order valence-electron chi connectivity index (χ3n) is 2.05. The summed E-state index contributed by atoms with van der Waals surface area (Å²) in [7, 11) is 0. The van der Waals surface area contributed by atoms with Crippen LogP contribution >= 0.6 is 15.9 Å². The summed E-state index contributed by atoms with van der Waals surface area (Å²) in [5, 5.41) is 14.8. The highest BCUT2D eigenvalue weighted by molar-refractivity contribution is 9.10. The van der Waals surface area contributed by atoms with Crippen LogP contribution in [-0.4, -0.2) is 31.7 Å². The van der Waals surface area contributed by atoms with Crippen molar-refractivity contribution in [2.75, 3.05) is 0 Å². The van der Waals surface area contributed by atoms with Crippen LogP contribution in [0.1, 0.15) is 5.56 Å². The molecule has 0 radical (unpaired) electrons. The zero-order valence-electron chi connectivity index (χ0n) is 9.73. The maximum absolute atomic E-state index is 9.10. The van der Waals surface area contributed by atoms with E-state index >= 15 is 0 Å². The fourth-order valence-corrected chi connectivity index (χ4v) is 1.61. The first-order chi connectivity index (χ1) is 9.00. The van der Waals surface area contributed by atoms with E-state index in [1.807, 2.05) is 35.3 Å². The Hall–Kier alpha value is -2.15. The summed E-state index contributed by atoms with van der Waals surface area (Å²) in [6, 6.07) is 8.20. The molecular weight excluding hydrogens is 316 g/mol. The average molecular weight is 327 g/mol. The Morgan fingerprint density at radius 3 is 2.32 bits per heavy atom. The van der Waals surface area contributed by atoms with Gasteiger partial charge in [-0.2, -0.15) is 0 Å². The van der Waals surface area contributed by atoms with Crippen molar-refractivity contribution in [3.05, 3.63) is 53.0 Å². The fraction of sp³-hybridized carbons (Fsp3) is 0.0833. The molecule has 1 aromatic heterocycles. The maximum Gasteiger partial charge on any atom is 0.414 e. The van der Waals surface area contributed by atoms with Crippen molar-refractivity contribution in [2.24, 2.45) is 0 Å². The number of aromatic nitrogens is 2. The highest BCUT2D eigenvalue weighted by atomic mass is 79.9. The monoisotopic (exact) mass is 326 g/mol. The molecule has 0 aliphatic heterocycles. The SMILES string of the molecule is Brc1ccccc1Cn1ccnc1.O=C(O)C(=O)O. The molecule has 2 rings (SSSR count).